The molecule has 683 valence electrons. The molecule has 0 aliphatic rings. The summed E-state index contributed by atoms with van der Waals surface area (Å²) >= 11 is -1.89. The van der Waals surface area contributed by atoms with E-state index in [0.29, 0.717) is 17.3 Å². The molecule has 0 amide bonds. The summed E-state index contributed by atoms with van der Waals surface area (Å²) in [6.07, 6.45) is 13.8. The summed E-state index contributed by atoms with van der Waals surface area (Å²) in [5, 5.41) is 2.78. The van der Waals surface area contributed by atoms with Gasteiger partial charge in [0.15, 0.2) is 0 Å². The zero-order valence-electron chi connectivity index (χ0n) is 80.5. The first-order valence-corrected chi connectivity index (χ1v) is 59.7. The Morgan fingerprint density at radius 1 is 0.323 bits per heavy atom. The molecule has 17 rings (SSSR count). The van der Waals surface area contributed by atoms with Gasteiger partial charge in [0.05, 0.1) is 16.1 Å². The monoisotopic (exact) mass is 2370 g/mol. The van der Waals surface area contributed by atoms with Crippen LogP contribution in [0.4, 0.5) is 0 Å². The van der Waals surface area contributed by atoms with Crippen LogP contribution < -0.4 is 14.8 Å². The van der Waals surface area contributed by atoms with Gasteiger partial charge in [-0.2, -0.15) is 0 Å². The summed E-state index contributed by atoms with van der Waals surface area (Å²) in [7, 11) is -2.58. The molecule has 6 aromatic heterocycles. The van der Waals surface area contributed by atoms with Gasteiger partial charge in [0.2, 0.25) is 0 Å². The van der Waals surface area contributed by atoms with Gasteiger partial charge in [-0.1, -0.05) is 268 Å². The molecule has 12 heteroatoms. The van der Waals surface area contributed by atoms with Crippen LogP contribution in [-0.2, 0) is 78.6 Å². The third kappa shape index (κ3) is 31.4. The Bertz CT molecular complexity index is 6300. The van der Waals surface area contributed by atoms with E-state index in [2.05, 4.69) is 447 Å². The number of aromatic nitrogens is 6. The van der Waals surface area contributed by atoms with Crippen LogP contribution in [0.25, 0.3) is 89.8 Å². The van der Waals surface area contributed by atoms with Crippen molar-refractivity contribution in [3.8, 4) is 89.8 Å². The van der Waals surface area contributed by atoms with Gasteiger partial charge < -0.3 is 24.9 Å². The van der Waals surface area contributed by atoms with E-state index in [1.54, 1.807) is 0 Å². The average molecular weight is 2370 g/mol. The van der Waals surface area contributed by atoms with E-state index in [0.717, 1.165) is 80.4 Å². The van der Waals surface area contributed by atoms with Gasteiger partial charge >= 0.3 is 154 Å². The van der Waals surface area contributed by atoms with E-state index in [-0.39, 0.29) is 65.7 Å². The second kappa shape index (κ2) is 50.0. The van der Waals surface area contributed by atoms with Crippen LogP contribution in [0.5, 0.6) is 0 Å². The van der Waals surface area contributed by atoms with Gasteiger partial charge in [-0.15, -0.1) is 178 Å². The second-order valence-electron chi connectivity index (χ2n) is 38.5. The molecule has 133 heavy (non-hydrogen) atoms. The van der Waals surface area contributed by atoms with Crippen molar-refractivity contribution < 1.29 is 60.3 Å². The number of hydrogen-bond acceptors (Lipinski definition) is 6. The zero-order chi connectivity index (χ0) is 92.4. The van der Waals surface area contributed by atoms with Crippen LogP contribution in [0.3, 0.4) is 0 Å². The minimum Gasteiger partial charge on any atom is -0.305 e. The van der Waals surface area contributed by atoms with Crippen LogP contribution in [-0.4, -0.2) is 59.3 Å². The molecular formula is C121H124GeIr3N6Si2-6. The van der Waals surface area contributed by atoms with Gasteiger partial charge in [-0.3, -0.25) is 0 Å². The maximum atomic E-state index is 4.67. The number of nitrogens with zero attached hydrogens (tertiary/aromatic N) is 6. The fraction of sp³-hybridized carbons (Fsp3) is 0.207. The van der Waals surface area contributed by atoms with Gasteiger partial charge in [-0.05, 0) is 115 Å². The molecule has 0 fully saturated rings. The molecule has 0 aliphatic carbocycles. The zero-order valence-corrected chi connectivity index (χ0v) is 91.8. The first kappa shape index (κ1) is 106. The third-order valence-electron chi connectivity index (χ3n) is 23.2. The molecule has 6 nitrogen and oxygen atoms in total. The fourth-order valence-corrected chi connectivity index (χ4v) is 21.1. The summed E-state index contributed by atoms with van der Waals surface area (Å²) in [6, 6.07) is 135. The van der Waals surface area contributed by atoms with Crippen molar-refractivity contribution >= 4 is 44.2 Å². The molecule has 0 spiro atoms. The molecule has 0 aliphatic heterocycles. The summed E-state index contributed by atoms with van der Waals surface area (Å²) in [5.41, 5.74) is 30.4. The standard InChI is InChI=1S/C23H26GeN.C23H26NSi.C21H22NSi.C20H18N.C17H12N.C17H20N.3Ir/c1-17-16-25-23(15-22(17)24(3,4)5)21-13-11-20(12-14-21)18(2)19-9-7-6-8-10-19;1-23(2,19-9-7-6-8-10-19)20-13-11-18(12-14-20)22-16-15-21(17-24-22)25(3,4)5;1-23(2,3)20-13-14-21(22-16-20)19-11-9-18(10-12-19)15-17-7-5-4-6-8-17;1-15(2)17-11-12-21-20(14-17)19-10-6-9-18(13-19)16-7-4-3-5-8-16;1-3-7-14(8-4-1)16-11-12-18-17(13-16)15-9-5-2-6-10-15;1-13-12-18-16(14-8-6-5-7-9-14)10-15(13)11-17(2,3)4;;;/h6-13,15-16,18H,1-5H3;6-11,13-17H,1-5H3;4-11,13-14,16H,15H2,1-3H3;3-9,11-15H,1-2H3;1-9,11-13H;5-8,10,12H,11H2,1-4H3;;;/q6*-1;;;. The second-order valence-corrected chi connectivity index (χ2v) is 59.2. The fourth-order valence-electron chi connectivity index (χ4n) is 15.2. The normalized spacial score (nSPS) is 11.3. The summed E-state index contributed by atoms with van der Waals surface area (Å²) in [6.45, 7) is 36.3. The first-order chi connectivity index (χ1) is 62.3. The molecule has 0 saturated heterocycles. The molecule has 1 atom stereocenters. The Labute approximate surface area is 840 Å². The minimum atomic E-state index is -1.89. The van der Waals surface area contributed by atoms with E-state index in [1.807, 2.05) is 116 Å². The van der Waals surface area contributed by atoms with Crippen LogP contribution >= 0.6 is 0 Å². The van der Waals surface area contributed by atoms with Crippen molar-refractivity contribution in [1.29, 1.82) is 0 Å². The van der Waals surface area contributed by atoms with Crippen molar-refractivity contribution in [2.45, 2.75) is 156 Å². The summed E-state index contributed by atoms with van der Waals surface area (Å²) in [5.74, 6) is 8.17. The van der Waals surface area contributed by atoms with E-state index in [9.17, 15) is 0 Å². The maximum Gasteiger partial charge on any atom is 0.0192 e. The van der Waals surface area contributed by atoms with E-state index in [1.165, 1.54) is 92.7 Å². The smallest absolute Gasteiger partial charge is 0.0192 e. The van der Waals surface area contributed by atoms with E-state index >= 15 is 0 Å². The van der Waals surface area contributed by atoms with Gasteiger partial charge in [0.1, 0.15) is 0 Å². The summed E-state index contributed by atoms with van der Waals surface area (Å²) in [4.78, 5) is 27.4. The van der Waals surface area contributed by atoms with E-state index in [4.69, 9.17) is 0 Å². The van der Waals surface area contributed by atoms with Crippen LogP contribution in [0.1, 0.15) is 123 Å². The predicted molar refractivity (Wildman–Crippen MR) is 559 cm³/mol. The van der Waals surface area contributed by atoms with Gasteiger partial charge in [-0.25, -0.2) is 0 Å². The first-order valence-electron chi connectivity index (χ1n) is 45.3. The Balaban J connectivity index is 0.000000179. The number of benzene rings is 11. The number of aryl methyl sites for hydroxylation is 2. The third-order valence-corrected chi connectivity index (χ3v) is 31.8. The molecule has 3 radical (unpaired) electrons. The summed E-state index contributed by atoms with van der Waals surface area (Å²) < 4.78 is 1.53. The van der Waals surface area contributed by atoms with Crippen LogP contribution in [0.2, 0.25) is 56.6 Å². The quantitative estimate of drug-likeness (QED) is 0.0593. The number of hydrogen-bond donors (Lipinski definition) is 0. The largest absolute Gasteiger partial charge is 0.305 e. The Hall–Kier alpha value is -10.8. The maximum absolute atomic E-state index is 4.67. The van der Waals surface area contributed by atoms with Crippen molar-refractivity contribution in [2.75, 3.05) is 0 Å². The predicted octanol–water partition coefficient (Wildman–Crippen LogP) is 29.7. The molecule has 1 unspecified atom stereocenters. The molecule has 0 saturated carbocycles. The van der Waals surface area contributed by atoms with Gasteiger partial charge in [0, 0.05) is 91.3 Å². The molecular weight excluding hydrogens is 2240 g/mol. The molecule has 6 heterocycles. The molecule has 0 N–H and O–H groups in total. The SMILES string of the molecule is CC(C)(c1c[c-]c(-c2ccc([Si](C)(C)C)cn2)cc1)c1ccccc1.CC(C)c1ccnc(-c2[c-]ccc(-c3ccccc3)c2)c1.C[Si](C)(C)c1ccc(-c2[c-]cc(Cc3ccccc3)cc2)nc1.Cc1cnc(-c2[c-]cc(C(C)c3ccccc3)cc2)c[c]1[Ge]([CH3])([CH3])[CH3].Cc1cnc(-c2[c-]cccc2)cc1CC(C)(C)C.[Ir].[Ir].[Ir].[c-]1ccccc1-c1cc(-c2ccccc2)ccn1. The Morgan fingerprint density at radius 3 is 1.26 bits per heavy atom. The van der Waals surface area contributed by atoms with Crippen molar-refractivity contribution in [1.82, 2.24) is 29.9 Å². The van der Waals surface area contributed by atoms with Gasteiger partial charge in [0.25, 0.3) is 0 Å². The Kier molecular flexibility index (Phi) is 39.8. The van der Waals surface area contributed by atoms with Crippen molar-refractivity contribution in [2.24, 2.45) is 5.41 Å². The Morgan fingerprint density at radius 2 is 0.774 bits per heavy atom. The van der Waals surface area contributed by atoms with Crippen LogP contribution in [0, 0.1) is 55.7 Å². The van der Waals surface area contributed by atoms with Crippen LogP contribution in [0.15, 0.2) is 371 Å². The average Bonchev–Trinajstić information content (AvgIpc) is 0.794. The number of rotatable bonds is 19. The van der Waals surface area contributed by atoms with Crippen molar-refractivity contribution in [3.05, 3.63) is 463 Å². The van der Waals surface area contributed by atoms with Crippen molar-refractivity contribution in [3.63, 3.8) is 0 Å². The topological polar surface area (TPSA) is 77.3 Å². The van der Waals surface area contributed by atoms with E-state index < -0.39 is 29.4 Å². The molecule has 0 bridgehead atoms. The number of pyridine rings is 6. The molecule has 17 aromatic rings. The minimum absolute atomic E-state index is 0. The molecule has 11 aromatic carbocycles.